The molecular weight excluding hydrogens is 324 g/mol. The minimum absolute atomic E-state index is 0.153. The Labute approximate surface area is 145 Å². The SMILES string of the molecule is [N-]=[N+]=NCC1CN(c2ccc(N3CCOC4CNCC43)cc2)C(=O)O1. The Bertz CT molecular complexity index is 690. The lowest BCUT2D eigenvalue weighted by Gasteiger charge is -2.38. The van der Waals surface area contributed by atoms with Crippen LogP contribution in [0.25, 0.3) is 10.4 Å². The molecule has 4 rings (SSSR count). The molecule has 0 aromatic heterocycles. The van der Waals surface area contributed by atoms with Crippen molar-refractivity contribution < 1.29 is 14.3 Å². The van der Waals surface area contributed by atoms with Gasteiger partial charge in [-0.3, -0.25) is 4.90 Å². The molecule has 0 radical (unpaired) electrons. The van der Waals surface area contributed by atoms with Gasteiger partial charge in [0, 0.05) is 35.9 Å². The molecule has 1 aromatic carbocycles. The maximum Gasteiger partial charge on any atom is 0.414 e. The second-order valence-electron chi connectivity index (χ2n) is 6.37. The monoisotopic (exact) mass is 344 g/mol. The molecule has 1 N–H and O–H groups in total. The second kappa shape index (κ2) is 6.79. The normalized spacial score (nSPS) is 28.5. The van der Waals surface area contributed by atoms with Gasteiger partial charge in [-0.2, -0.15) is 0 Å². The number of rotatable bonds is 4. The molecule has 0 saturated carbocycles. The lowest BCUT2D eigenvalue weighted by Crippen LogP contribution is -2.50. The number of amides is 1. The Kier molecular flexibility index (Phi) is 4.35. The molecule has 1 aromatic rings. The highest BCUT2D eigenvalue weighted by Crippen LogP contribution is 2.28. The van der Waals surface area contributed by atoms with E-state index in [2.05, 4.69) is 20.2 Å². The molecule has 0 spiro atoms. The first kappa shape index (κ1) is 16.0. The summed E-state index contributed by atoms with van der Waals surface area (Å²) < 4.78 is 11.0. The molecule has 25 heavy (non-hydrogen) atoms. The van der Waals surface area contributed by atoms with E-state index in [0.29, 0.717) is 12.6 Å². The zero-order valence-electron chi connectivity index (χ0n) is 13.7. The molecule has 3 aliphatic heterocycles. The second-order valence-corrected chi connectivity index (χ2v) is 6.37. The summed E-state index contributed by atoms with van der Waals surface area (Å²) in [7, 11) is 0. The first-order valence-electron chi connectivity index (χ1n) is 8.44. The van der Waals surface area contributed by atoms with Crippen LogP contribution < -0.4 is 15.1 Å². The van der Waals surface area contributed by atoms with Crippen LogP contribution in [0.3, 0.4) is 0 Å². The van der Waals surface area contributed by atoms with Crippen molar-refractivity contribution in [1.29, 1.82) is 0 Å². The third kappa shape index (κ3) is 3.09. The van der Waals surface area contributed by atoms with E-state index in [-0.39, 0.29) is 12.6 Å². The number of nitrogens with one attached hydrogen (secondary N) is 1. The van der Waals surface area contributed by atoms with E-state index < -0.39 is 12.2 Å². The summed E-state index contributed by atoms with van der Waals surface area (Å²) in [6.07, 6.45) is -0.562. The van der Waals surface area contributed by atoms with Crippen molar-refractivity contribution >= 4 is 17.5 Å². The van der Waals surface area contributed by atoms with Crippen LogP contribution in [0, 0.1) is 0 Å². The van der Waals surface area contributed by atoms with Crippen LogP contribution in [0.2, 0.25) is 0 Å². The van der Waals surface area contributed by atoms with E-state index in [1.54, 1.807) is 4.90 Å². The summed E-state index contributed by atoms with van der Waals surface area (Å²) >= 11 is 0. The molecular formula is C16H20N6O3. The molecule has 0 aliphatic carbocycles. The van der Waals surface area contributed by atoms with Gasteiger partial charge in [0.1, 0.15) is 6.10 Å². The van der Waals surface area contributed by atoms with E-state index in [1.165, 1.54) is 0 Å². The molecule has 132 valence electrons. The summed E-state index contributed by atoms with van der Waals surface area (Å²) in [5, 5.41) is 6.85. The van der Waals surface area contributed by atoms with E-state index in [4.69, 9.17) is 15.0 Å². The number of fused-ring (bicyclic) bond motifs is 1. The van der Waals surface area contributed by atoms with Crippen molar-refractivity contribution in [2.24, 2.45) is 5.11 Å². The van der Waals surface area contributed by atoms with Gasteiger partial charge in [-0.25, -0.2) is 4.79 Å². The lowest BCUT2D eigenvalue weighted by atomic mass is 10.1. The minimum atomic E-state index is -0.405. The molecule has 9 nitrogen and oxygen atoms in total. The number of hydrogen-bond donors (Lipinski definition) is 1. The average Bonchev–Trinajstić information content (AvgIpc) is 3.26. The highest BCUT2D eigenvalue weighted by atomic mass is 16.6. The maximum atomic E-state index is 12.0. The molecule has 3 atom stereocenters. The Morgan fingerprint density at radius 2 is 2.08 bits per heavy atom. The van der Waals surface area contributed by atoms with Gasteiger partial charge in [-0.05, 0) is 29.8 Å². The number of cyclic esters (lactones) is 1. The molecule has 3 heterocycles. The number of hydrogen-bond acceptors (Lipinski definition) is 6. The Morgan fingerprint density at radius 1 is 1.28 bits per heavy atom. The van der Waals surface area contributed by atoms with Crippen LogP contribution in [-0.2, 0) is 9.47 Å². The Hall–Kier alpha value is -2.48. The number of azide groups is 1. The summed E-state index contributed by atoms with van der Waals surface area (Å²) in [4.78, 5) is 18.7. The van der Waals surface area contributed by atoms with Crippen LogP contribution in [-0.4, -0.2) is 63.7 Å². The molecule has 3 unspecified atom stereocenters. The number of morpholine rings is 1. The predicted octanol–water partition coefficient (Wildman–Crippen LogP) is 1.50. The highest BCUT2D eigenvalue weighted by Gasteiger charge is 2.36. The number of nitrogens with zero attached hydrogens (tertiary/aromatic N) is 5. The van der Waals surface area contributed by atoms with Crippen molar-refractivity contribution in [3.05, 3.63) is 34.7 Å². The Morgan fingerprint density at radius 3 is 2.88 bits per heavy atom. The first-order valence-corrected chi connectivity index (χ1v) is 8.44. The van der Waals surface area contributed by atoms with Gasteiger partial charge < -0.3 is 19.7 Å². The highest BCUT2D eigenvalue weighted by molar-refractivity contribution is 5.90. The van der Waals surface area contributed by atoms with Crippen molar-refractivity contribution in [3.63, 3.8) is 0 Å². The first-order chi connectivity index (χ1) is 12.3. The van der Waals surface area contributed by atoms with Crippen molar-refractivity contribution in [2.75, 3.05) is 49.1 Å². The van der Waals surface area contributed by atoms with Crippen molar-refractivity contribution in [1.82, 2.24) is 5.32 Å². The summed E-state index contributed by atoms with van der Waals surface area (Å²) in [5.41, 5.74) is 10.3. The van der Waals surface area contributed by atoms with E-state index in [9.17, 15) is 4.79 Å². The van der Waals surface area contributed by atoms with Gasteiger partial charge in [0.05, 0.1) is 31.8 Å². The third-order valence-electron chi connectivity index (χ3n) is 4.91. The van der Waals surface area contributed by atoms with E-state index in [0.717, 1.165) is 37.6 Å². The van der Waals surface area contributed by atoms with Crippen LogP contribution >= 0.6 is 0 Å². The largest absolute Gasteiger partial charge is 0.444 e. The van der Waals surface area contributed by atoms with Gasteiger partial charge in [0.25, 0.3) is 0 Å². The topological polar surface area (TPSA) is 103 Å². The number of carbonyl (C=O) groups is 1. The summed E-state index contributed by atoms with van der Waals surface area (Å²) in [5.74, 6) is 0. The zero-order chi connectivity index (χ0) is 17.2. The van der Waals surface area contributed by atoms with Gasteiger partial charge in [-0.1, -0.05) is 5.11 Å². The smallest absolute Gasteiger partial charge is 0.414 e. The molecule has 9 heteroatoms. The number of benzene rings is 1. The number of anilines is 2. The predicted molar refractivity (Wildman–Crippen MR) is 91.8 cm³/mol. The fourth-order valence-electron chi connectivity index (χ4n) is 3.69. The van der Waals surface area contributed by atoms with Crippen LogP contribution in [0.4, 0.5) is 16.2 Å². The van der Waals surface area contributed by atoms with E-state index >= 15 is 0 Å². The van der Waals surface area contributed by atoms with Gasteiger partial charge in [-0.15, -0.1) is 0 Å². The standard InChI is InChI=1S/C16H20N6O3/c17-20-19-7-13-10-22(16(23)25-13)12-3-1-11(2-4-12)21-5-6-24-15-9-18-8-14(15)21/h1-4,13-15,18H,5-10H2. The van der Waals surface area contributed by atoms with Crippen LogP contribution in [0.15, 0.2) is 29.4 Å². The average molecular weight is 344 g/mol. The fraction of sp³-hybridized carbons (Fsp3) is 0.562. The summed E-state index contributed by atoms with van der Waals surface area (Å²) in [6, 6.07) is 8.27. The number of ether oxygens (including phenoxy) is 2. The fourth-order valence-corrected chi connectivity index (χ4v) is 3.69. The summed E-state index contributed by atoms with van der Waals surface area (Å²) in [6.45, 7) is 3.95. The Balaban J connectivity index is 1.47. The van der Waals surface area contributed by atoms with Crippen molar-refractivity contribution in [3.8, 4) is 0 Å². The molecule has 1 amide bonds. The third-order valence-corrected chi connectivity index (χ3v) is 4.91. The van der Waals surface area contributed by atoms with Gasteiger partial charge in [0.15, 0.2) is 0 Å². The van der Waals surface area contributed by atoms with Crippen molar-refractivity contribution in [2.45, 2.75) is 18.2 Å². The molecule has 0 bridgehead atoms. The number of carbonyl (C=O) groups excluding carboxylic acids is 1. The molecule has 3 fully saturated rings. The maximum absolute atomic E-state index is 12.0. The lowest BCUT2D eigenvalue weighted by molar-refractivity contribution is 0.0350. The van der Waals surface area contributed by atoms with Gasteiger partial charge >= 0.3 is 6.09 Å². The van der Waals surface area contributed by atoms with Gasteiger partial charge in [0.2, 0.25) is 0 Å². The van der Waals surface area contributed by atoms with E-state index in [1.807, 2.05) is 24.3 Å². The molecule has 3 aliphatic rings. The van der Waals surface area contributed by atoms with Crippen LogP contribution in [0.1, 0.15) is 0 Å². The molecule has 3 saturated heterocycles. The quantitative estimate of drug-likeness (QED) is 0.506. The van der Waals surface area contributed by atoms with Crippen LogP contribution in [0.5, 0.6) is 0 Å². The minimum Gasteiger partial charge on any atom is -0.444 e. The zero-order valence-corrected chi connectivity index (χ0v) is 13.7.